The van der Waals surface area contributed by atoms with Gasteiger partial charge in [-0.1, -0.05) is 49.4 Å². The lowest BCUT2D eigenvalue weighted by molar-refractivity contribution is -0.0254. The maximum Gasteiger partial charge on any atom is 0.119 e. The molecular formula is C28H33NO2. The molecule has 2 aromatic carbocycles. The molecule has 0 saturated heterocycles. The van der Waals surface area contributed by atoms with Gasteiger partial charge in [0.15, 0.2) is 0 Å². The Labute approximate surface area is 185 Å². The van der Waals surface area contributed by atoms with E-state index in [-0.39, 0.29) is 17.6 Å². The van der Waals surface area contributed by atoms with E-state index in [0.29, 0.717) is 17.8 Å². The van der Waals surface area contributed by atoms with Crippen molar-refractivity contribution in [2.75, 3.05) is 7.11 Å². The molecular weight excluding hydrogens is 382 g/mol. The van der Waals surface area contributed by atoms with Crippen LogP contribution in [0.1, 0.15) is 55.2 Å². The van der Waals surface area contributed by atoms with Crippen LogP contribution in [0.25, 0.3) is 6.08 Å². The summed E-state index contributed by atoms with van der Waals surface area (Å²) in [6, 6.07) is 16.9. The van der Waals surface area contributed by atoms with Gasteiger partial charge in [0, 0.05) is 6.21 Å². The molecule has 3 heteroatoms. The Balaban J connectivity index is 1.33. The fourth-order valence-electron chi connectivity index (χ4n) is 6.69. The van der Waals surface area contributed by atoms with Gasteiger partial charge in [-0.15, -0.1) is 0 Å². The first-order valence-electron chi connectivity index (χ1n) is 11.7. The summed E-state index contributed by atoms with van der Waals surface area (Å²) in [5, 5.41) is 11.3. The summed E-state index contributed by atoms with van der Waals surface area (Å²) in [6.45, 7) is 2.32. The van der Waals surface area contributed by atoms with Gasteiger partial charge in [0.2, 0.25) is 0 Å². The van der Waals surface area contributed by atoms with Crippen molar-refractivity contribution in [2.45, 2.75) is 57.1 Å². The van der Waals surface area contributed by atoms with Gasteiger partial charge in [0.25, 0.3) is 0 Å². The van der Waals surface area contributed by atoms with E-state index < -0.39 is 0 Å². The normalized spacial score (nSPS) is 34.5. The minimum atomic E-state index is -0.350. The smallest absolute Gasteiger partial charge is 0.119 e. The number of fused-ring (bicyclic) bond motifs is 5. The molecule has 6 atom stereocenters. The number of hydrogen-bond acceptors (Lipinski definition) is 3. The van der Waals surface area contributed by atoms with Crippen LogP contribution in [0.4, 0.5) is 0 Å². The average Bonchev–Trinajstić information content (AvgIpc) is 3.07. The van der Waals surface area contributed by atoms with Gasteiger partial charge in [0.05, 0.1) is 19.3 Å². The Kier molecular flexibility index (Phi) is 5.47. The summed E-state index contributed by atoms with van der Waals surface area (Å²) in [7, 11) is 1.75. The second-order valence-corrected chi connectivity index (χ2v) is 9.84. The van der Waals surface area contributed by atoms with Crippen molar-refractivity contribution in [3.63, 3.8) is 0 Å². The van der Waals surface area contributed by atoms with E-state index in [2.05, 4.69) is 43.3 Å². The number of hydrogen-bond donors (Lipinski definition) is 1. The molecule has 0 bridgehead atoms. The van der Waals surface area contributed by atoms with Crippen LogP contribution in [-0.4, -0.2) is 30.6 Å². The highest BCUT2D eigenvalue weighted by Crippen LogP contribution is 2.61. The Morgan fingerprint density at radius 3 is 2.77 bits per heavy atom. The fourth-order valence-corrected chi connectivity index (χ4v) is 6.69. The average molecular weight is 416 g/mol. The lowest BCUT2D eigenvalue weighted by Crippen LogP contribution is -2.44. The largest absolute Gasteiger partial charge is 0.497 e. The van der Waals surface area contributed by atoms with Crippen molar-refractivity contribution in [3.8, 4) is 5.75 Å². The molecule has 0 heterocycles. The predicted molar refractivity (Wildman–Crippen MR) is 127 cm³/mol. The zero-order valence-electron chi connectivity index (χ0n) is 18.6. The van der Waals surface area contributed by atoms with Crippen LogP contribution in [0.15, 0.2) is 59.6 Å². The number of aliphatic hydroxyl groups is 1. The maximum absolute atomic E-state index is 11.3. The second-order valence-electron chi connectivity index (χ2n) is 9.84. The minimum Gasteiger partial charge on any atom is -0.497 e. The van der Waals surface area contributed by atoms with E-state index in [4.69, 9.17) is 9.73 Å². The van der Waals surface area contributed by atoms with Gasteiger partial charge in [-0.2, -0.15) is 0 Å². The van der Waals surface area contributed by atoms with E-state index in [1.54, 1.807) is 7.11 Å². The molecule has 3 nitrogen and oxygen atoms in total. The van der Waals surface area contributed by atoms with E-state index in [1.165, 1.54) is 29.5 Å². The third kappa shape index (κ3) is 3.63. The topological polar surface area (TPSA) is 41.8 Å². The monoisotopic (exact) mass is 415 g/mol. The molecule has 5 rings (SSSR count). The quantitative estimate of drug-likeness (QED) is 0.653. The number of ether oxygens (including phenoxy) is 1. The summed E-state index contributed by atoms with van der Waals surface area (Å²) in [6.07, 6.45) is 11.2. The first-order valence-corrected chi connectivity index (χ1v) is 11.7. The van der Waals surface area contributed by atoms with Crippen LogP contribution in [0.3, 0.4) is 0 Å². The number of allylic oxidation sites excluding steroid dienone is 1. The first-order chi connectivity index (χ1) is 15.1. The zero-order valence-corrected chi connectivity index (χ0v) is 18.6. The molecule has 3 aliphatic carbocycles. The molecule has 2 saturated carbocycles. The number of nitrogens with zero attached hydrogens (tertiary/aromatic N) is 1. The molecule has 0 spiro atoms. The van der Waals surface area contributed by atoms with E-state index in [1.807, 2.05) is 30.5 Å². The number of aliphatic imine (C=N–C) groups is 1. The molecule has 1 N–H and O–H groups in total. The molecule has 0 amide bonds. The standard InChI is InChI=1S/C28H33NO2/c1-28-15-14-23-22-13-11-21(31-2)17-20(22)10-12-24(23)25(28)18-26(27(28)30)29-16-6-9-19-7-4-3-5-8-19/h3-9,11,13,16-17,23-27,30H,10,12,14-15,18H2,1-2H3/b9-6+,29-16?/t23-,24-,25+,26+,27+,28+/m1/s1. The zero-order chi connectivity index (χ0) is 21.4. The summed E-state index contributed by atoms with van der Waals surface area (Å²) in [5.74, 6) is 2.76. The van der Waals surface area contributed by atoms with Crippen LogP contribution in [-0.2, 0) is 6.42 Å². The van der Waals surface area contributed by atoms with Crippen LogP contribution < -0.4 is 4.74 Å². The Morgan fingerprint density at radius 1 is 1.13 bits per heavy atom. The lowest BCUT2D eigenvalue weighted by atomic mass is 9.55. The number of methoxy groups -OCH3 is 1. The van der Waals surface area contributed by atoms with Crippen molar-refractivity contribution >= 4 is 12.3 Å². The molecule has 2 fully saturated rings. The van der Waals surface area contributed by atoms with Crippen LogP contribution in [0.5, 0.6) is 5.75 Å². The van der Waals surface area contributed by atoms with Crippen molar-refractivity contribution < 1.29 is 9.84 Å². The number of aryl methyl sites for hydroxylation is 1. The molecule has 0 unspecified atom stereocenters. The van der Waals surface area contributed by atoms with Crippen molar-refractivity contribution in [3.05, 3.63) is 71.3 Å². The number of aliphatic hydroxyl groups excluding tert-OH is 1. The molecule has 162 valence electrons. The Hall–Kier alpha value is -2.39. The molecule has 0 radical (unpaired) electrons. The van der Waals surface area contributed by atoms with Crippen molar-refractivity contribution in [1.29, 1.82) is 0 Å². The van der Waals surface area contributed by atoms with Gasteiger partial charge >= 0.3 is 0 Å². The van der Waals surface area contributed by atoms with Crippen LogP contribution in [0.2, 0.25) is 0 Å². The third-order valence-electron chi connectivity index (χ3n) is 8.36. The third-order valence-corrected chi connectivity index (χ3v) is 8.36. The summed E-state index contributed by atoms with van der Waals surface area (Å²) in [5.41, 5.74) is 4.13. The second kappa shape index (κ2) is 8.27. The Bertz CT molecular complexity index is 982. The van der Waals surface area contributed by atoms with Crippen LogP contribution in [0, 0.1) is 17.3 Å². The molecule has 3 aliphatic rings. The number of rotatable bonds is 4. The highest BCUT2D eigenvalue weighted by atomic mass is 16.5. The molecule has 31 heavy (non-hydrogen) atoms. The highest BCUT2D eigenvalue weighted by molar-refractivity contribution is 5.78. The maximum atomic E-state index is 11.3. The minimum absolute atomic E-state index is 0.00596. The number of benzene rings is 2. The van der Waals surface area contributed by atoms with Gasteiger partial charge in [0.1, 0.15) is 5.75 Å². The van der Waals surface area contributed by atoms with Gasteiger partial charge in [-0.05, 0) is 90.2 Å². The van der Waals surface area contributed by atoms with E-state index in [9.17, 15) is 5.11 Å². The highest BCUT2D eigenvalue weighted by Gasteiger charge is 2.57. The van der Waals surface area contributed by atoms with E-state index >= 15 is 0 Å². The molecule has 0 aliphatic heterocycles. The SMILES string of the molecule is COc1ccc2c(c1)CC[C@@H]1[C@@H]2CC[C@]2(C)[C@@H](O)[C@@H](N=C/C=C/c3ccccc3)C[C@@H]12. The van der Waals surface area contributed by atoms with E-state index in [0.717, 1.165) is 25.0 Å². The summed E-state index contributed by atoms with van der Waals surface area (Å²) < 4.78 is 5.45. The molecule has 0 aromatic heterocycles. The van der Waals surface area contributed by atoms with Crippen LogP contribution >= 0.6 is 0 Å². The predicted octanol–water partition coefficient (Wildman–Crippen LogP) is 5.67. The van der Waals surface area contributed by atoms with Crippen molar-refractivity contribution in [2.24, 2.45) is 22.2 Å². The van der Waals surface area contributed by atoms with Gasteiger partial charge in [-0.25, -0.2) is 0 Å². The summed E-state index contributed by atoms with van der Waals surface area (Å²) >= 11 is 0. The Morgan fingerprint density at radius 2 is 1.97 bits per heavy atom. The molecule has 2 aromatic rings. The van der Waals surface area contributed by atoms with Crippen molar-refractivity contribution in [1.82, 2.24) is 0 Å². The lowest BCUT2D eigenvalue weighted by Gasteiger charge is -2.50. The fraction of sp³-hybridized carbons (Fsp3) is 0.464. The summed E-state index contributed by atoms with van der Waals surface area (Å²) in [4.78, 5) is 4.81. The first kappa shape index (κ1) is 20.5. The van der Waals surface area contributed by atoms with Gasteiger partial charge in [-0.3, -0.25) is 4.99 Å². The van der Waals surface area contributed by atoms with Gasteiger partial charge < -0.3 is 9.84 Å².